The van der Waals surface area contributed by atoms with Gasteiger partial charge in [0, 0.05) is 25.5 Å². The number of carbonyl (C=O) groups excluding carboxylic acids is 2. The molecule has 0 heterocycles. The van der Waals surface area contributed by atoms with Crippen molar-refractivity contribution in [1.29, 1.82) is 0 Å². The zero-order valence-corrected chi connectivity index (χ0v) is 13.3. The van der Waals surface area contributed by atoms with Crippen LogP contribution in [0.1, 0.15) is 12.5 Å². The van der Waals surface area contributed by atoms with Crippen molar-refractivity contribution in [3.05, 3.63) is 64.2 Å². The van der Waals surface area contributed by atoms with Gasteiger partial charge in [-0.15, -0.1) is 0 Å². The first-order valence-electron chi connectivity index (χ1n) is 7.36. The van der Waals surface area contributed by atoms with E-state index in [1.54, 1.807) is 12.1 Å². The van der Waals surface area contributed by atoms with Crippen molar-refractivity contribution in [1.82, 2.24) is 5.32 Å². The number of ether oxygens (including phenoxy) is 1. The molecule has 0 saturated carbocycles. The second-order valence-electron chi connectivity index (χ2n) is 5.30. The summed E-state index contributed by atoms with van der Waals surface area (Å²) in [6, 6.07) is 10.3. The molecule has 0 aromatic heterocycles. The molecule has 1 atom stereocenters. The highest BCUT2D eigenvalue weighted by Gasteiger charge is 2.22. The average molecular weight is 344 g/mol. The van der Waals surface area contributed by atoms with Crippen LogP contribution in [-0.4, -0.2) is 27.9 Å². The number of nitro groups is 1. The van der Waals surface area contributed by atoms with E-state index in [1.807, 2.05) is 0 Å². The Bertz CT molecular complexity index is 771. The molecule has 2 aromatic rings. The number of amides is 1. The molecule has 130 valence electrons. The number of carbonyl (C=O) groups is 2. The van der Waals surface area contributed by atoms with Gasteiger partial charge in [-0.25, -0.2) is 4.79 Å². The van der Waals surface area contributed by atoms with Crippen molar-refractivity contribution < 1.29 is 24.4 Å². The van der Waals surface area contributed by atoms with Crippen molar-refractivity contribution in [3.63, 3.8) is 0 Å². The third kappa shape index (κ3) is 5.31. The van der Waals surface area contributed by atoms with E-state index in [0.29, 0.717) is 0 Å². The number of nitro benzene ring substituents is 1. The Labute approximate surface area is 143 Å². The fraction of sp³-hybridized carbons (Fsp3) is 0.176. The first kappa shape index (κ1) is 17.9. The maximum Gasteiger partial charge on any atom is 0.334 e. The first-order chi connectivity index (χ1) is 11.8. The largest absolute Gasteiger partial charge is 0.508 e. The maximum absolute atomic E-state index is 12.3. The van der Waals surface area contributed by atoms with Gasteiger partial charge >= 0.3 is 5.97 Å². The van der Waals surface area contributed by atoms with Crippen molar-refractivity contribution in [2.75, 3.05) is 0 Å². The van der Waals surface area contributed by atoms with Crippen LogP contribution in [0.2, 0.25) is 0 Å². The van der Waals surface area contributed by atoms with Gasteiger partial charge in [0.25, 0.3) is 5.69 Å². The van der Waals surface area contributed by atoms with E-state index in [0.717, 1.165) is 5.56 Å². The number of esters is 1. The molecular formula is C17H16N2O6. The van der Waals surface area contributed by atoms with Gasteiger partial charge in [0.05, 0.1) is 4.92 Å². The molecule has 8 nitrogen and oxygen atoms in total. The summed E-state index contributed by atoms with van der Waals surface area (Å²) in [5, 5.41) is 22.4. The molecule has 2 aromatic carbocycles. The summed E-state index contributed by atoms with van der Waals surface area (Å²) >= 11 is 0. The van der Waals surface area contributed by atoms with Crippen LogP contribution in [0, 0.1) is 10.1 Å². The number of benzene rings is 2. The number of phenols is 1. The summed E-state index contributed by atoms with van der Waals surface area (Å²) in [6.45, 7) is 1.28. The van der Waals surface area contributed by atoms with E-state index in [2.05, 4.69) is 5.32 Å². The lowest BCUT2D eigenvalue weighted by atomic mass is 10.1. The highest BCUT2D eigenvalue weighted by Crippen LogP contribution is 2.18. The molecule has 0 aliphatic carbocycles. The molecule has 2 N–H and O–H groups in total. The van der Waals surface area contributed by atoms with Gasteiger partial charge in [0.2, 0.25) is 5.91 Å². The van der Waals surface area contributed by atoms with Gasteiger partial charge < -0.3 is 15.2 Å². The minimum Gasteiger partial charge on any atom is -0.508 e. The van der Waals surface area contributed by atoms with E-state index in [1.165, 1.54) is 43.3 Å². The average Bonchev–Trinajstić information content (AvgIpc) is 2.56. The summed E-state index contributed by atoms with van der Waals surface area (Å²) in [5.74, 6) is -0.869. The normalized spacial score (nSPS) is 11.4. The van der Waals surface area contributed by atoms with Crippen LogP contribution in [0.15, 0.2) is 48.5 Å². The molecule has 0 radical (unpaired) electrons. The predicted molar refractivity (Wildman–Crippen MR) is 88.1 cm³/mol. The highest BCUT2D eigenvalue weighted by atomic mass is 16.6. The SMILES string of the molecule is CC(=O)N[C@@H](Cc1ccc(O)cc1)C(=O)Oc1ccc([N+](=O)[O-])cc1. The van der Waals surface area contributed by atoms with Gasteiger partial charge in [-0.05, 0) is 29.8 Å². The van der Waals surface area contributed by atoms with Crippen LogP contribution in [0.5, 0.6) is 11.5 Å². The molecule has 8 heteroatoms. The van der Waals surface area contributed by atoms with Crippen LogP contribution in [0.4, 0.5) is 5.69 Å². The molecule has 0 fully saturated rings. The quantitative estimate of drug-likeness (QED) is 0.358. The molecule has 0 spiro atoms. The Hall–Kier alpha value is -3.42. The molecule has 25 heavy (non-hydrogen) atoms. The number of nitrogens with zero attached hydrogens (tertiary/aromatic N) is 1. The van der Waals surface area contributed by atoms with Gasteiger partial charge in [-0.2, -0.15) is 0 Å². The summed E-state index contributed by atoms with van der Waals surface area (Å²) in [5.41, 5.74) is 0.597. The number of nitrogens with one attached hydrogen (secondary N) is 1. The smallest absolute Gasteiger partial charge is 0.334 e. The molecule has 0 bridgehead atoms. The molecule has 2 rings (SSSR count). The highest BCUT2D eigenvalue weighted by molar-refractivity contribution is 5.84. The third-order valence-corrected chi connectivity index (χ3v) is 3.30. The topological polar surface area (TPSA) is 119 Å². The standard InChI is InChI=1S/C17H16N2O6/c1-11(20)18-16(10-12-2-6-14(21)7-3-12)17(22)25-15-8-4-13(5-9-15)19(23)24/h2-9,16,21H,10H2,1H3,(H,18,20)/t16-/m0/s1. The van der Waals surface area contributed by atoms with E-state index >= 15 is 0 Å². The van der Waals surface area contributed by atoms with E-state index < -0.39 is 22.8 Å². The molecule has 0 unspecified atom stereocenters. The lowest BCUT2D eigenvalue weighted by molar-refractivity contribution is -0.384. The lowest BCUT2D eigenvalue weighted by Gasteiger charge is -2.16. The number of phenolic OH excluding ortho intramolecular Hbond substituents is 1. The Morgan fingerprint density at radius 3 is 2.28 bits per heavy atom. The third-order valence-electron chi connectivity index (χ3n) is 3.30. The maximum atomic E-state index is 12.3. The lowest BCUT2D eigenvalue weighted by Crippen LogP contribution is -2.43. The van der Waals surface area contributed by atoms with Crippen molar-refractivity contribution in [3.8, 4) is 11.5 Å². The zero-order valence-electron chi connectivity index (χ0n) is 13.3. The van der Waals surface area contributed by atoms with Crippen LogP contribution in [0.3, 0.4) is 0 Å². The second kappa shape index (κ2) is 7.91. The molecule has 0 aliphatic heterocycles. The van der Waals surface area contributed by atoms with Crippen molar-refractivity contribution in [2.24, 2.45) is 0 Å². The van der Waals surface area contributed by atoms with E-state index in [-0.39, 0.29) is 23.6 Å². The Morgan fingerprint density at radius 2 is 1.76 bits per heavy atom. The molecule has 1 amide bonds. The fourth-order valence-corrected chi connectivity index (χ4v) is 2.13. The van der Waals surface area contributed by atoms with Gasteiger partial charge in [0.1, 0.15) is 17.5 Å². The minimum absolute atomic E-state index is 0.0910. The van der Waals surface area contributed by atoms with E-state index in [9.17, 15) is 24.8 Å². The number of non-ortho nitro benzene ring substituents is 1. The predicted octanol–water partition coefficient (Wildman–Crippen LogP) is 1.95. The van der Waals surface area contributed by atoms with E-state index in [4.69, 9.17) is 4.74 Å². The van der Waals surface area contributed by atoms with Crippen LogP contribution in [0.25, 0.3) is 0 Å². The molecular weight excluding hydrogens is 328 g/mol. The second-order valence-corrected chi connectivity index (χ2v) is 5.30. The summed E-state index contributed by atoms with van der Waals surface area (Å²) in [7, 11) is 0. The van der Waals surface area contributed by atoms with Crippen molar-refractivity contribution in [2.45, 2.75) is 19.4 Å². The number of rotatable bonds is 6. The monoisotopic (exact) mass is 344 g/mol. The Balaban J connectivity index is 2.10. The molecule has 0 saturated heterocycles. The molecule has 0 aliphatic rings. The minimum atomic E-state index is -0.933. The summed E-state index contributed by atoms with van der Waals surface area (Å²) in [4.78, 5) is 33.7. The Morgan fingerprint density at radius 1 is 1.16 bits per heavy atom. The number of hydrogen-bond acceptors (Lipinski definition) is 6. The zero-order chi connectivity index (χ0) is 18.4. The van der Waals surface area contributed by atoms with Crippen molar-refractivity contribution >= 4 is 17.6 Å². The summed E-state index contributed by atoms with van der Waals surface area (Å²) in [6.07, 6.45) is 0.172. The van der Waals surface area contributed by atoms with Crippen LogP contribution in [-0.2, 0) is 16.0 Å². The summed E-state index contributed by atoms with van der Waals surface area (Å²) < 4.78 is 5.18. The number of aromatic hydroxyl groups is 1. The fourth-order valence-electron chi connectivity index (χ4n) is 2.13. The Kier molecular flexibility index (Phi) is 5.67. The first-order valence-corrected chi connectivity index (χ1v) is 7.36. The van der Waals surface area contributed by atoms with Gasteiger partial charge in [-0.3, -0.25) is 14.9 Å². The van der Waals surface area contributed by atoms with Crippen LogP contribution < -0.4 is 10.1 Å². The van der Waals surface area contributed by atoms with Gasteiger partial charge in [-0.1, -0.05) is 12.1 Å². The van der Waals surface area contributed by atoms with Gasteiger partial charge in [0.15, 0.2) is 0 Å². The number of hydrogen-bond donors (Lipinski definition) is 2. The van der Waals surface area contributed by atoms with Crippen LogP contribution >= 0.6 is 0 Å².